The molecule has 258 valence electrons. The zero-order chi connectivity index (χ0) is 35.0. The lowest BCUT2D eigenvalue weighted by atomic mass is 9.90. The molecule has 1 aliphatic rings. The van der Waals surface area contributed by atoms with Crippen molar-refractivity contribution in [1.82, 2.24) is 15.2 Å². The smallest absolute Gasteiger partial charge is 0.253 e. The van der Waals surface area contributed by atoms with E-state index in [9.17, 15) is 20.1 Å². The fourth-order valence-electron chi connectivity index (χ4n) is 6.39. The number of likely N-dealkylation sites (N-methyl/N-ethyl adjacent to an activating group) is 1. The number of nitrogens with zero attached hydrogens (tertiary/aromatic N) is 2. The molecule has 50 heavy (non-hydrogen) atoms. The van der Waals surface area contributed by atoms with Crippen molar-refractivity contribution >= 4 is 5.91 Å². The number of aromatic hydroxyl groups is 1. The minimum atomic E-state index is -0.779. The first-order valence-corrected chi connectivity index (χ1v) is 16.8. The fraction of sp³-hybridized carbons (Fsp3) is 0.268. The largest absolute Gasteiger partial charge is 0.508 e. The van der Waals surface area contributed by atoms with Gasteiger partial charge in [0.15, 0.2) is 6.29 Å². The minimum absolute atomic E-state index is 0.0281. The first kappa shape index (κ1) is 34.9. The minimum Gasteiger partial charge on any atom is -0.508 e. The third-order valence-corrected chi connectivity index (χ3v) is 9.23. The normalized spacial score (nSPS) is 19.6. The molecule has 1 amide bonds. The van der Waals surface area contributed by atoms with E-state index in [0.717, 1.165) is 33.4 Å². The zero-order valence-corrected chi connectivity index (χ0v) is 28.2. The number of nitrogens with one attached hydrogen (secondary N) is 1. The second-order valence-electron chi connectivity index (χ2n) is 12.9. The second-order valence-corrected chi connectivity index (χ2v) is 12.9. The number of carbonyl (C=O) groups is 1. The van der Waals surface area contributed by atoms with E-state index < -0.39 is 12.4 Å². The number of phenolic OH excluding ortho intramolecular Hbond substituents is 1. The number of benzene rings is 4. The Balaban J connectivity index is 1.20. The SMILES string of the molecule is C[C@@H]1[C@H](CN(C)C[C@@H](O)c2cccc(O)c2)O[C@H](c2ccc(-c3ccccc3CNC(=O)c3cccnc3)cc2)O[C@@H]1c1ccc(CO)cc1. The van der Waals surface area contributed by atoms with Crippen LogP contribution >= 0.6 is 0 Å². The zero-order valence-electron chi connectivity index (χ0n) is 28.2. The van der Waals surface area contributed by atoms with E-state index in [4.69, 9.17) is 9.47 Å². The van der Waals surface area contributed by atoms with Gasteiger partial charge >= 0.3 is 0 Å². The summed E-state index contributed by atoms with van der Waals surface area (Å²) in [6.07, 6.45) is 1.25. The maximum Gasteiger partial charge on any atom is 0.253 e. The van der Waals surface area contributed by atoms with Crippen molar-refractivity contribution in [3.8, 4) is 16.9 Å². The van der Waals surface area contributed by atoms with Crippen LogP contribution in [-0.4, -0.2) is 57.4 Å². The summed E-state index contributed by atoms with van der Waals surface area (Å²) in [5, 5.41) is 33.4. The highest BCUT2D eigenvalue weighted by Crippen LogP contribution is 2.42. The number of ether oxygens (including phenoxy) is 2. The Morgan fingerprint density at radius 2 is 1.68 bits per heavy atom. The molecule has 0 aliphatic carbocycles. The molecular formula is C41H43N3O6. The van der Waals surface area contributed by atoms with Crippen molar-refractivity contribution in [2.75, 3.05) is 20.1 Å². The van der Waals surface area contributed by atoms with E-state index in [2.05, 4.69) is 17.2 Å². The van der Waals surface area contributed by atoms with Crippen LogP contribution in [0.2, 0.25) is 0 Å². The lowest BCUT2D eigenvalue weighted by Gasteiger charge is -2.42. The van der Waals surface area contributed by atoms with Crippen LogP contribution in [0.5, 0.6) is 5.75 Å². The predicted octanol–water partition coefficient (Wildman–Crippen LogP) is 6.33. The van der Waals surface area contributed by atoms with E-state index in [1.165, 1.54) is 0 Å². The molecule has 0 saturated carbocycles. The van der Waals surface area contributed by atoms with Crippen LogP contribution in [0.3, 0.4) is 0 Å². The van der Waals surface area contributed by atoms with Gasteiger partial charge in [0.25, 0.3) is 5.91 Å². The van der Waals surface area contributed by atoms with Crippen molar-refractivity contribution in [3.63, 3.8) is 0 Å². The van der Waals surface area contributed by atoms with Crippen LogP contribution in [0.1, 0.15) is 63.6 Å². The maximum absolute atomic E-state index is 12.7. The maximum atomic E-state index is 12.7. The van der Waals surface area contributed by atoms with Gasteiger partial charge in [0.05, 0.1) is 30.5 Å². The topological polar surface area (TPSA) is 124 Å². The average molecular weight is 674 g/mol. The van der Waals surface area contributed by atoms with Gasteiger partial charge in [0.1, 0.15) is 5.75 Å². The Morgan fingerprint density at radius 3 is 2.40 bits per heavy atom. The number of pyridine rings is 1. The molecule has 5 aromatic rings. The van der Waals surface area contributed by atoms with Gasteiger partial charge in [-0.1, -0.05) is 91.9 Å². The van der Waals surface area contributed by atoms with Gasteiger partial charge in [-0.3, -0.25) is 9.78 Å². The summed E-state index contributed by atoms with van der Waals surface area (Å²) < 4.78 is 13.3. The fourth-order valence-corrected chi connectivity index (χ4v) is 6.39. The number of rotatable bonds is 12. The molecule has 0 spiro atoms. The summed E-state index contributed by atoms with van der Waals surface area (Å²) in [5.41, 5.74) is 6.84. The number of aromatic nitrogens is 1. The summed E-state index contributed by atoms with van der Waals surface area (Å²) in [5.74, 6) is -0.0936. The Labute approximate surface area is 292 Å². The van der Waals surface area contributed by atoms with Crippen molar-refractivity contribution in [1.29, 1.82) is 0 Å². The molecule has 1 saturated heterocycles. The first-order valence-electron chi connectivity index (χ1n) is 16.8. The Bertz CT molecular complexity index is 1850. The van der Waals surface area contributed by atoms with Crippen LogP contribution < -0.4 is 5.32 Å². The second kappa shape index (κ2) is 16.2. The quantitative estimate of drug-likeness (QED) is 0.121. The summed E-state index contributed by atoms with van der Waals surface area (Å²) in [6, 6.07) is 34.1. The van der Waals surface area contributed by atoms with Crippen molar-refractivity contribution in [2.24, 2.45) is 5.92 Å². The van der Waals surface area contributed by atoms with Gasteiger partial charge in [-0.25, -0.2) is 0 Å². The molecule has 1 aliphatic heterocycles. The van der Waals surface area contributed by atoms with Gasteiger partial charge in [-0.05, 0) is 64.7 Å². The molecule has 5 atom stereocenters. The highest BCUT2D eigenvalue weighted by molar-refractivity contribution is 5.93. The lowest BCUT2D eigenvalue weighted by Crippen LogP contribution is -2.44. The number of amides is 1. The van der Waals surface area contributed by atoms with Gasteiger partial charge in [-0.15, -0.1) is 0 Å². The Morgan fingerprint density at radius 1 is 0.920 bits per heavy atom. The van der Waals surface area contributed by atoms with Gasteiger partial charge < -0.3 is 35.0 Å². The molecule has 0 radical (unpaired) electrons. The summed E-state index contributed by atoms with van der Waals surface area (Å²) in [4.78, 5) is 18.8. The molecule has 6 rings (SSSR count). The van der Waals surface area contributed by atoms with Crippen molar-refractivity contribution in [3.05, 3.63) is 155 Å². The van der Waals surface area contributed by atoms with Gasteiger partial charge in [-0.2, -0.15) is 0 Å². The number of aliphatic hydroxyl groups excluding tert-OH is 2. The molecule has 1 aromatic heterocycles. The molecule has 9 nitrogen and oxygen atoms in total. The summed E-state index contributed by atoms with van der Waals surface area (Å²) in [7, 11) is 1.95. The van der Waals surface area contributed by atoms with Crippen molar-refractivity contribution < 1.29 is 29.6 Å². The number of aliphatic hydroxyl groups is 2. The summed E-state index contributed by atoms with van der Waals surface area (Å²) in [6.45, 7) is 3.34. The number of hydrogen-bond donors (Lipinski definition) is 4. The third kappa shape index (κ3) is 8.45. The molecule has 2 heterocycles. The van der Waals surface area contributed by atoms with Gasteiger partial charge in [0, 0.05) is 43.5 Å². The molecule has 9 heteroatoms. The van der Waals surface area contributed by atoms with Crippen molar-refractivity contribution in [2.45, 2.75) is 44.7 Å². The lowest BCUT2D eigenvalue weighted by molar-refractivity contribution is -0.276. The van der Waals surface area contributed by atoms with Crippen LogP contribution in [0.25, 0.3) is 11.1 Å². The van der Waals surface area contributed by atoms with E-state index in [1.54, 1.807) is 48.8 Å². The van der Waals surface area contributed by atoms with E-state index in [0.29, 0.717) is 30.8 Å². The molecular weight excluding hydrogens is 630 g/mol. The predicted molar refractivity (Wildman–Crippen MR) is 191 cm³/mol. The number of hydrogen-bond acceptors (Lipinski definition) is 8. The number of carbonyl (C=O) groups excluding carboxylic acids is 1. The Kier molecular flexibility index (Phi) is 11.3. The average Bonchev–Trinajstić information content (AvgIpc) is 3.15. The van der Waals surface area contributed by atoms with Crippen LogP contribution in [0.15, 0.2) is 122 Å². The highest BCUT2D eigenvalue weighted by Gasteiger charge is 2.39. The molecule has 4 aromatic carbocycles. The monoisotopic (exact) mass is 673 g/mol. The number of phenols is 1. The van der Waals surface area contributed by atoms with Gasteiger partial charge in [0.2, 0.25) is 0 Å². The first-order chi connectivity index (χ1) is 24.3. The van der Waals surface area contributed by atoms with E-state index >= 15 is 0 Å². The van der Waals surface area contributed by atoms with E-state index in [-0.39, 0.29) is 36.4 Å². The van der Waals surface area contributed by atoms with Crippen LogP contribution in [0.4, 0.5) is 0 Å². The molecule has 4 N–H and O–H groups in total. The highest BCUT2D eigenvalue weighted by atomic mass is 16.7. The molecule has 0 unspecified atom stereocenters. The Hall–Kier alpha value is -4.90. The van der Waals surface area contributed by atoms with Crippen LogP contribution in [0, 0.1) is 5.92 Å². The summed E-state index contributed by atoms with van der Waals surface area (Å²) >= 11 is 0. The molecule has 0 bridgehead atoms. The van der Waals surface area contributed by atoms with E-state index in [1.807, 2.05) is 84.7 Å². The molecule has 1 fully saturated rings. The van der Waals surface area contributed by atoms with Crippen LogP contribution in [-0.2, 0) is 22.6 Å². The third-order valence-electron chi connectivity index (χ3n) is 9.23. The standard InChI is InChI=1S/C41H43N3O6/c1-27-38(25-44(2)24-37(47)32-8-5-10-35(46)21-32)49-41(50-39(27)30-14-12-28(26-45)13-15-30)31-18-16-29(17-19-31)36-11-4-3-7-33(36)23-43-40(48)34-9-6-20-42-22-34/h3-22,27,37-39,41,45-47H,23-26H2,1-2H3,(H,43,48)/t27-,37-,38+,39+,41+/m1/s1.